The van der Waals surface area contributed by atoms with Crippen LogP contribution in [0.2, 0.25) is 0 Å². The minimum absolute atomic E-state index is 0.254. The molecular weight excluding hydrogens is 192 g/mol. The van der Waals surface area contributed by atoms with E-state index in [4.69, 9.17) is 10.5 Å². The molecule has 15 heavy (non-hydrogen) atoms. The molecule has 0 aliphatic heterocycles. The van der Waals surface area contributed by atoms with E-state index in [9.17, 15) is 5.11 Å². The molecule has 1 unspecified atom stereocenters. The van der Waals surface area contributed by atoms with Gasteiger partial charge in [0.15, 0.2) is 0 Å². The predicted molar refractivity (Wildman–Crippen MR) is 57.1 cm³/mol. The largest absolute Gasteiger partial charge is 0.383 e. The maximum atomic E-state index is 10.6. The number of hydrogen-bond acceptors (Lipinski definition) is 4. The molecule has 0 amide bonds. The van der Waals surface area contributed by atoms with Gasteiger partial charge in [-0.2, -0.15) is 0 Å². The van der Waals surface area contributed by atoms with E-state index < -0.39 is 5.60 Å². The fourth-order valence-corrected chi connectivity index (χ4v) is 1.98. The predicted octanol–water partition coefficient (Wildman–Crippen LogP) is 0.908. The van der Waals surface area contributed by atoms with Crippen LogP contribution in [0.1, 0.15) is 18.4 Å². The highest BCUT2D eigenvalue weighted by Crippen LogP contribution is 2.46. The standard InChI is InChI=1S/C11H16N2O2/c1-15-7-11(14,8-4-5-8)9-3-2-6-13-10(9)12/h2-3,6,8,14H,4-5,7H2,1H3,(H2,12,13). The molecule has 2 rings (SSSR count). The van der Waals surface area contributed by atoms with Crippen LogP contribution in [0, 0.1) is 5.92 Å². The maximum Gasteiger partial charge on any atom is 0.129 e. The third kappa shape index (κ3) is 1.82. The number of aliphatic hydroxyl groups is 1. The van der Waals surface area contributed by atoms with E-state index >= 15 is 0 Å². The Morgan fingerprint density at radius 3 is 2.93 bits per heavy atom. The molecule has 0 spiro atoms. The average molecular weight is 208 g/mol. The van der Waals surface area contributed by atoms with Crippen LogP contribution in [0.25, 0.3) is 0 Å². The van der Waals surface area contributed by atoms with Crippen molar-refractivity contribution in [1.29, 1.82) is 0 Å². The molecule has 0 saturated heterocycles. The molecule has 1 fully saturated rings. The molecule has 1 atom stereocenters. The molecule has 1 aliphatic rings. The number of pyridine rings is 1. The van der Waals surface area contributed by atoms with Crippen molar-refractivity contribution in [3.05, 3.63) is 23.9 Å². The first kappa shape index (κ1) is 10.4. The Kier molecular flexibility index (Phi) is 2.63. The van der Waals surface area contributed by atoms with Gasteiger partial charge in [0, 0.05) is 18.9 Å². The molecule has 82 valence electrons. The highest BCUT2D eigenvalue weighted by molar-refractivity contribution is 5.44. The lowest BCUT2D eigenvalue weighted by Crippen LogP contribution is -2.34. The van der Waals surface area contributed by atoms with Crippen LogP contribution in [-0.4, -0.2) is 23.8 Å². The van der Waals surface area contributed by atoms with E-state index in [-0.39, 0.29) is 12.5 Å². The van der Waals surface area contributed by atoms with E-state index in [1.807, 2.05) is 6.07 Å². The van der Waals surface area contributed by atoms with Gasteiger partial charge in [0.1, 0.15) is 11.4 Å². The number of nitrogens with two attached hydrogens (primary N) is 1. The average Bonchev–Trinajstić information content (AvgIpc) is 3.02. The van der Waals surface area contributed by atoms with Crippen molar-refractivity contribution in [2.75, 3.05) is 19.5 Å². The molecule has 3 N–H and O–H groups in total. The van der Waals surface area contributed by atoms with Crippen LogP contribution in [0.5, 0.6) is 0 Å². The van der Waals surface area contributed by atoms with E-state index in [2.05, 4.69) is 4.98 Å². The summed E-state index contributed by atoms with van der Waals surface area (Å²) in [5, 5.41) is 10.6. The molecule has 0 radical (unpaired) electrons. The van der Waals surface area contributed by atoms with Crippen molar-refractivity contribution in [3.8, 4) is 0 Å². The van der Waals surface area contributed by atoms with Gasteiger partial charge in [-0.3, -0.25) is 0 Å². The summed E-state index contributed by atoms with van der Waals surface area (Å²) >= 11 is 0. The first-order valence-electron chi connectivity index (χ1n) is 5.11. The topological polar surface area (TPSA) is 68.4 Å². The lowest BCUT2D eigenvalue weighted by molar-refractivity contribution is -0.0528. The summed E-state index contributed by atoms with van der Waals surface area (Å²) < 4.78 is 5.08. The van der Waals surface area contributed by atoms with Crippen molar-refractivity contribution >= 4 is 5.82 Å². The Balaban J connectivity index is 2.35. The third-order valence-electron chi connectivity index (χ3n) is 2.92. The second-order valence-electron chi connectivity index (χ2n) is 4.07. The number of anilines is 1. The number of hydrogen-bond donors (Lipinski definition) is 2. The number of nitrogen functional groups attached to an aromatic ring is 1. The van der Waals surface area contributed by atoms with Crippen molar-refractivity contribution in [2.24, 2.45) is 5.92 Å². The zero-order chi connectivity index (χ0) is 10.9. The van der Waals surface area contributed by atoms with Crippen LogP contribution >= 0.6 is 0 Å². The van der Waals surface area contributed by atoms with E-state index in [1.165, 1.54) is 0 Å². The quantitative estimate of drug-likeness (QED) is 0.771. The number of nitrogens with zero attached hydrogens (tertiary/aromatic N) is 1. The SMILES string of the molecule is COCC(O)(c1cccnc1N)C1CC1. The molecule has 1 aromatic heterocycles. The van der Waals surface area contributed by atoms with Gasteiger partial charge in [0.05, 0.1) is 6.61 Å². The summed E-state index contributed by atoms with van der Waals surface area (Å²) in [7, 11) is 1.58. The summed E-state index contributed by atoms with van der Waals surface area (Å²) in [5.74, 6) is 0.646. The summed E-state index contributed by atoms with van der Waals surface area (Å²) in [6.45, 7) is 0.271. The molecule has 0 aromatic carbocycles. The van der Waals surface area contributed by atoms with Crippen LogP contribution in [0.4, 0.5) is 5.82 Å². The van der Waals surface area contributed by atoms with Crippen molar-refractivity contribution in [3.63, 3.8) is 0 Å². The monoisotopic (exact) mass is 208 g/mol. The van der Waals surface area contributed by atoms with Crippen molar-refractivity contribution < 1.29 is 9.84 Å². The lowest BCUT2D eigenvalue weighted by atomic mass is 9.90. The van der Waals surface area contributed by atoms with Gasteiger partial charge in [-0.1, -0.05) is 6.07 Å². The van der Waals surface area contributed by atoms with Crippen LogP contribution < -0.4 is 5.73 Å². The summed E-state index contributed by atoms with van der Waals surface area (Å²) in [6.07, 6.45) is 3.67. The van der Waals surface area contributed by atoms with E-state index in [0.29, 0.717) is 11.4 Å². The van der Waals surface area contributed by atoms with Crippen molar-refractivity contribution in [2.45, 2.75) is 18.4 Å². The number of rotatable bonds is 4. The fourth-order valence-electron chi connectivity index (χ4n) is 1.98. The second kappa shape index (κ2) is 3.79. The molecule has 4 heteroatoms. The number of aromatic nitrogens is 1. The second-order valence-corrected chi connectivity index (χ2v) is 4.07. The van der Waals surface area contributed by atoms with Gasteiger partial charge >= 0.3 is 0 Å². The van der Waals surface area contributed by atoms with Gasteiger partial charge in [-0.15, -0.1) is 0 Å². The lowest BCUT2D eigenvalue weighted by Gasteiger charge is -2.28. The molecule has 1 heterocycles. The third-order valence-corrected chi connectivity index (χ3v) is 2.92. The number of ether oxygens (including phenoxy) is 1. The Morgan fingerprint density at radius 1 is 1.67 bits per heavy atom. The zero-order valence-corrected chi connectivity index (χ0v) is 8.81. The molecule has 1 aliphatic carbocycles. The van der Waals surface area contributed by atoms with Gasteiger partial charge in [-0.05, 0) is 24.8 Å². The molecule has 4 nitrogen and oxygen atoms in total. The first-order valence-corrected chi connectivity index (χ1v) is 5.11. The minimum Gasteiger partial charge on any atom is -0.383 e. The van der Waals surface area contributed by atoms with Gasteiger partial charge in [0.2, 0.25) is 0 Å². The normalized spacial score (nSPS) is 19.9. The summed E-state index contributed by atoms with van der Waals surface area (Å²) in [6, 6.07) is 3.61. The van der Waals surface area contributed by atoms with Gasteiger partial charge in [0.25, 0.3) is 0 Å². The molecule has 1 aromatic rings. The Bertz CT molecular complexity index is 352. The molecule has 1 saturated carbocycles. The van der Waals surface area contributed by atoms with E-state index in [0.717, 1.165) is 12.8 Å². The first-order chi connectivity index (χ1) is 7.18. The highest BCUT2D eigenvalue weighted by Gasteiger charge is 2.46. The van der Waals surface area contributed by atoms with Gasteiger partial charge < -0.3 is 15.6 Å². The summed E-state index contributed by atoms with van der Waals surface area (Å²) in [5.41, 5.74) is 5.50. The van der Waals surface area contributed by atoms with Crippen LogP contribution in [0.3, 0.4) is 0 Å². The van der Waals surface area contributed by atoms with E-state index in [1.54, 1.807) is 19.4 Å². The van der Waals surface area contributed by atoms with Crippen molar-refractivity contribution in [1.82, 2.24) is 4.98 Å². The Morgan fingerprint density at radius 2 is 2.40 bits per heavy atom. The van der Waals surface area contributed by atoms with Crippen LogP contribution in [0.15, 0.2) is 18.3 Å². The molecular formula is C11H16N2O2. The van der Waals surface area contributed by atoms with Crippen LogP contribution in [-0.2, 0) is 10.3 Å². The maximum absolute atomic E-state index is 10.6. The fraction of sp³-hybridized carbons (Fsp3) is 0.545. The highest BCUT2D eigenvalue weighted by atomic mass is 16.5. The minimum atomic E-state index is -0.965. The van der Waals surface area contributed by atoms with Gasteiger partial charge in [-0.25, -0.2) is 4.98 Å². The molecule has 0 bridgehead atoms. The Hall–Kier alpha value is -1.13. The number of methoxy groups -OCH3 is 1. The zero-order valence-electron chi connectivity index (χ0n) is 8.81. The summed E-state index contributed by atoms with van der Waals surface area (Å²) in [4.78, 5) is 4.00. The Labute approximate surface area is 89.1 Å². The smallest absolute Gasteiger partial charge is 0.129 e.